The van der Waals surface area contributed by atoms with Gasteiger partial charge in [-0.25, -0.2) is 14.9 Å². The van der Waals surface area contributed by atoms with Crippen LogP contribution < -0.4 is 15.7 Å². The Morgan fingerprint density at radius 3 is 2.59 bits per heavy atom. The number of hydrogen-bond acceptors (Lipinski definition) is 6. The molecule has 1 amide bonds. The van der Waals surface area contributed by atoms with E-state index in [-0.39, 0.29) is 11.3 Å². The highest BCUT2D eigenvalue weighted by molar-refractivity contribution is 6.05. The van der Waals surface area contributed by atoms with Gasteiger partial charge in [-0.3, -0.25) is 9.59 Å². The van der Waals surface area contributed by atoms with Gasteiger partial charge in [-0.05, 0) is 25.1 Å². The molecule has 1 aromatic heterocycles. The van der Waals surface area contributed by atoms with Crippen molar-refractivity contribution in [2.75, 3.05) is 6.61 Å². The first kappa shape index (κ1) is 19.7. The predicted molar refractivity (Wildman–Crippen MR) is 106 cm³/mol. The summed E-state index contributed by atoms with van der Waals surface area (Å²) in [5.41, 5.74) is 2.68. The van der Waals surface area contributed by atoms with Crippen molar-refractivity contribution in [2.45, 2.75) is 13.5 Å². The summed E-state index contributed by atoms with van der Waals surface area (Å²) in [6, 6.07) is 13.4. The zero-order chi connectivity index (χ0) is 20.8. The third-order valence-corrected chi connectivity index (χ3v) is 4.02. The first-order valence-corrected chi connectivity index (χ1v) is 8.78. The molecule has 0 fully saturated rings. The van der Waals surface area contributed by atoms with Gasteiger partial charge < -0.3 is 9.84 Å². The van der Waals surface area contributed by atoms with Crippen molar-refractivity contribution >= 4 is 28.9 Å². The summed E-state index contributed by atoms with van der Waals surface area (Å²) < 4.78 is 6.41. The van der Waals surface area contributed by atoms with E-state index in [0.29, 0.717) is 28.6 Å². The van der Waals surface area contributed by atoms with Gasteiger partial charge in [0.25, 0.3) is 11.5 Å². The number of aromatic nitrogens is 2. The molecule has 0 saturated heterocycles. The molecule has 0 saturated carbocycles. The van der Waals surface area contributed by atoms with Crippen molar-refractivity contribution in [3.05, 3.63) is 70.1 Å². The van der Waals surface area contributed by atoms with E-state index < -0.39 is 18.5 Å². The van der Waals surface area contributed by atoms with Crippen LogP contribution in [0.1, 0.15) is 23.0 Å². The van der Waals surface area contributed by atoms with Gasteiger partial charge in [0.2, 0.25) is 0 Å². The second-order valence-corrected chi connectivity index (χ2v) is 5.93. The normalized spacial score (nSPS) is 10.9. The Morgan fingerprint density at radius 1 is 1.17 bits per heavy atom. The first-order valence-electron chi connectivity index (χ1n) is 8.78. The highest BCUT2D eigenvalue weighted by Crippen LogP contribution is 2.16. The van der Waals surface area contributed by atoms with Gasteiger partial charge in [0.1, 0.15) is 5.75 Å². The molecule has 9 nitrogen and oxygen atoms in total. The molecule has 0 aliphatic rings. The fraction of sp³-hybridized carbons (Fsp3) is 0.150. The molecule has 3 aromatic rings. The summed E-state index contributed by atoms with van der Waals surface area (Å²) in [5, 5.41) is 17.6. The number of carbonyl (C=O) groups excluding carboxylic acids is 1. The molecule has 2 aromatic carbocycles. The first-order chi connectivity index (χ1) is 14.0. The van der Waals surface area contributed by atoms with Gasteiger partial charge in [0.15, 0.2) is 12.3 Å². The van der Waals surface area contributed by atoms with Crippen LogP contribution in [0.5, 0.6) is 5.75 Å². The molecule has 1 heterocycles. The molecule has 0 spiro atoms. The summed E-state index contributed by atoms with van der Waals surface area (Å²) in [6.07, 6.45) is 1.34. The quantitative estimate of drug-likeness (QED) is 0.464. The summed E-state index contributed by atoms with van der Waals surface area (Å²) in [4.78, 5) is 35.7. The summed E-state index contributed by atoms with van der Waals surface area (Å²) in [5.74, 6) is -1.37. The predicted octanol–water partition coefficient (Wildman–Crippen LogP) is 1.64. The van der Waals surface area contributed by atoms with Crippen molar-refractivity contribution in [2.24, 2.45) is 5.10 Å². The van der Waals surface area contributed by atoms with E-state index in [2.05, 4.69) is 15.6 Å². The third-order valence-electron chi connectivity index (χ3n) is 4.02. The van der Waals surface area contributed by atoms with Gasteiger partial charge in [0.05, 0.1) is 11.6 Å². The van der Waals surface area contributed by atoms with E-state index in [4.69, 9.17) is 9.84 Å². The number of aryl methyl sites for hydroxylation is 1. The number of carboxylic acids is 1. The lowest BCUT2D eigenvalue weighted by Gasteiger charge is -2.08. The molecule has 0 aliphatic carbocycles. The van der Waals surface area contributed by atoms with Crippen LogP contribution in [0.4, 0.5) is 0 Å². The van der Waals surface area contributed by atoms with Crippen LogP contribution in [0, 0.1) is 0 Å². The zero-order valence-electron chi connectivity index (χ0n) is 15.5. The maximum absolute atomic E-state index is 12.6. The fourth-order valence-corrected chi connectivity index (χ4v) is 2.69. The van der Waals surface area contributed by atoms with E-state index >= 15 is 0 Å². The minimum Gasteiger partial charge on any atom is -0.481 e. The molecule has 148 valence electrons. The SMILES string of the molecule is CCn1nc(C(=O)N/N=C/c2ccccc2OCC(=O)O)c2ccccc2c1=O. The van der Waals surface area contributed by atoms with Gasteiger partial charge in [-0.15, -0.1) is 0 Å². The van der Waals surface area contributed by atoms with Gasteiger partial charge in [-0.2, -0.15) is 10.2 Å². The van der Waals surface area contributed by atoms with Crippen LogP contribution in [-0.4, -0.2) is 39.6 Å². The largest absolute Gasteiger partial charge is 0.481 e. The number of hydrogen-bond donors (Lipinski definition) is 2. The second-order valence-electron chi connectivity index (χ2n) is 5.93. The van der Waals surface area contributed by atoms with Crippen LogP contribution in [0.3, 0.4) is 0 Å². The van der Waals surface area contributed by atoms with Crippen LogP contribution in [-0.2, 0) is 11.3 Å². The smallest absolute Gasteiger partial charge is 0.341 e. The second kappa shape index (κ2) is 8.79. The molecular formula is C20H18N4O5. The highest BCUT2D eigenvalue weighted by Gasteiger charge is 2.15. The van der Waals surface area contributed by atoms with E-state index in [9.17, 15) is 14.4 Å². The molecule has 3 rings (SSSR count). The Kier molecular flexibility index (Phi) is 5.98. The number of nitrogens with one attached hydrogen (secondary N) is 1. The molecule has 0 aliphatic heterocycles. The van der Waals surface area contributed by atoms with Crippen molar-refractivity contribution in [1.29, 1.82) is 0 Å². The maximum atomic E-state index is 12.6. The van der Waals surface area contributed by atoms with Crippen LogP contribution >= 0.6 is 0 Å². The molecule has 0 radical (unpaired) electrons. The van der Waals surface area contributed by atoms with Gasteiger partial charge in [0, 0.05) is 17.5 Å². The number of carboxylic acid groups (broad SMARTS) is 1. The number of nitrogens with zero attached hydrogens (tertiary/aromatic N) is 3. The number of hydrazone groups is 1. The highest BCUT2D eigenvalue weighted by atomic mass is 16.5. The Labute approximate surface area is 165 Å². The van der Waals surface area contributed by atoms with Gasteiger partial charge in [-0.1, -0.05) is 30.3 Å². The minimum atomic E-state index is -1.10. The third kappa shape index (κ3) is 4.46. The molecule has 29 heavy (non-hydrogen) atoms. The van der Waals surface area contributed by atoms with E-state index in [1.54, 1.807) is 55.5 Å². The van der Waals surface area contributed by atoms with Crippen molar-refractivity contribution in [3.8, 4) is 5.75 Å². The van der Waals surface area contributed by atoms with Crippen molar-refractivity contribution in [1.82, 2.24) is 15.2 Å². The molecule has 9 heteroatoms. The van der Waals surface area contributed by atoms with Crippen LogP contribution in [0.25, 0.3) is 10.8 Å². The van der Waals surface area contributed by atoms with Crippen LogP contribution in [0.2, 0.25) is 0 Å². The molecular weight excluding hydrogens is 376 g/mol. The fourth-order valence-electron chi connectivity index (χ4n) is 2.69. The minimum absolute atomic E-state index is 0.0783. The molecule has 2 N–H and O–H groups in total. The Bertz CT molecular complexity index is 1150. The zero-order valence-corrected chi connectivity index (χ0v) is 15.5. The average Bonchev–Trinajstić information content (AvgIpc) is 2.73. The van der Waals surface area contributed by atoms with Gasteiger partial charge >= 0.3 is 5.97 Å². The Hall–Kier alpha value is -4.01. The monoisotopic (exact) mass is 394 g/mol. The standard InChI is InChI=1S/C20H18N4O5/c1-2-24-20(28)15-9-5-4-8-14(15)18(23-24)19(27)22-21-11-13-7-3-6-10-16(13)29-12-17(25)26/h3-11H,2,12H2,1H3,(H,22,27)(H,25,26)/b21-11+. The Morgan fingerprint density at radius 2 is 1.86 bits per heavy atom. The van der Waals surface area contributed by atoms with Crippen molar-refractivity contribution < 1.29 is 19.4 Å². The molecule has 0 bridgehead atoms. The number of carbonyl (C=O) groups is 2. The summed E-state index contributed by atoms with van der Waals surface area (Å²) in [7, 11) is 0. The number of ether oxygens (including phenoxy) is 1. The van der Waals surface area contributed by atoms with Crippen LogP contribution in [0.15, 0.2) is 58.4 Å². The number of rotatable bonds is 7. The number of aliphatic carboxylic acids is 1. The topological polar surface area (TPSA) is 123 Å². The lowest BCUT2D eigenvalue weighted by molar-refractivity contribution is -0.139. The lowest BCUT2D eigenvalue weighted by Crippen LogP contribution is -2.28. The van der Waals surface area contributed by atoms with E-state index in [1.165, 1.54) is 10.9 Å². The van der Waals surface area contributed by atoms with E-state index in [0.717, 1.165) is 0 Å². The molecule has 0 unspecified atom stereocenters. The number of amides is 1. The number of para-hydroxylation sites is 1. The molecule has 0 atom stereocenters. The Balaban J connectivity index is 1.85. The summed E-state index contributed by atoms with van der Waals surface area (Å²) >= 11 is 0. The maximum Gasteiger partial charge on any atom is 0.341 e. The number of benzene rings is 2. The average molecular weight is 394 g/mol. The number of fused-ring (bicyclic) bond motifs is 1. The van der Waals surface area contributed by atoms with E-state index in [1.807, 2.05) is 0 Å². The lowest BCUT2D eigenvalue weighted by atomic mass is 10.1. The summed E-state index contributed by atoms with van der Waals surface area (Å²) in [6.45, 7) is 1.59. The van der Waals surface area contributed by atoms with Crippen molar-refractivity contribution in [3.63, 3.8) is 0 Å².